The third-order valence-electron chi connectivity index (χ3n) is 4.82. The Balaban J connectivity index is 1.66. The molecule has 5 nitrogen and oxygen atoms in total. The Morgan fingerprint density at radius 3 is 2.46 bits per heavy atom. The number of halogens is 2. The highest BCUT2D eigenvalue weighted by atomic mass is 35.5. The highest BCUT2D eigenvalue weighted by molar-refractivity contribution is 7.89. The Morgan fingerprint density at radius 2 is 1.79 bits per heavy atom. The number of rotatable bonds is 6. The van der Waals surface area contributed by atoms with Crippen molar-refractivity contribution in [3.8, 4) is 0 Å². The maximum absolute atomic E-state index is 13.0. The predicted octanol–water partition coefficient (Wildman–Crippen LogP) is 3.73. The zero-order valence-electron chi connectivity index (χ0n) is 15.3. The number of benzene rings is 2. The van der Waals surface area contributed by atoms with Crippen LogP contribution in [0.2, 0.25) is 5.02 Å². The first-order chi connectivity index (χ1) is 13.4. The molecule has 1 aliphatic heterocycles. The molecule has 3 rings (SSSR count). The monoisotopic (exact) mass is 424 g/mol. The van der Waals surface area contributed by atoms with Crippen molar-refractivity contribution in [1.29, 1.82) is 0 Å². The molecule has 0 unspecified atom stereocenters. The first-order valence-electron chi connectivity index (χ1n) is 9.15. The molecule has 150 valence electrons. The third-order valence-corrected chi connectivity index (χ3v) is 7.04. The summed E-state index contributed by atoms with van der Waals surface area (Å²) < 4.78 is 40.4. The molecule has 1 aliphatic rings. The highest BCUT2D eigenvalue weighted by Crippen LogP contribution is 2.27. The number of hydrogen-bond donors (Lipinski definition) is 1. The minimum absolute atomic E-state index is 0.0913. The summed E-state index contributed by atoms with van der Waals surface area (Å²) in [5, 5.41) is 3.25. The van der Waals surface area contributed by atoms with Crippen molar-refractivity contribution in [2.75, 3.05) is 6.54 Å². The molecule has 0 bridgehead atoms. The van der Waals surface area contributed by atoms with Crippen molar-refractivity contribution in [1.82, 2.24) is 9.62 Å². The van der Waals surface area contributed by atoms with Crippen LogP contribution in [0.15, 0.2) is 53.4 Å². The molecule has 1 saturated heterocycles. The molecular weight excluding hydrogens is 403 g/mol. The third kappa shape index (κ3) is 5.10. The topological polar surface area (TPSA) is 66.5 Å². The van der Waals surface area contributed by atoms with E-state index < -0.39 is 10.0 Å². The van der Waals surface area contributed by atoms with Gasteiger partial charge >= 0.3 is 0 Å². The number of nitrogens with zero attached hydrogens (tertiary/aromatic N) is 1. The summed E-state index contributed by atoms with van der Waals surface area (Å²) in [6.45, 7) is 0.663. The Kier molecular flexibility index (Phi) is 6.69. The molecule has 1 fully saturated rings. The first-order valence-corrected chi connectivity index (χ1v) is 11.0. The van der Waals surface area contributed by atoms with Gasteiger partial charge in [-0.1, -0.05) is 30.2 Å². The van der Waals surface area contributed by atoms with Gasteiger partial charge in [0.05, 0.1) is 4.90 Å². The van der Waals surface area contributed by atoms with Gasteiger partial charge in [0.25, 0.3) is 0 Å². The average Bonchev–Trinajstić information content (AvgIpc) is 2.68. The Morgan fingerprint density at radius 1 is 1.11 bits per heavy atom. The Hall–Kier alpha value is -1.96. The number of nitrogens with one attached hydrogen (secondary N) is 1. The zero-order chi connectivity index (χ0) is 20.1. The smallest absolute Gasteiger partial charge is 0.243 e. The van der Waals surface area contributed by atoms with Crippen molar-refractivity contribution < 1.29 is 17.6 Å². The van der Waals surface area contributed by atoms with Crippen LogP contribution in [0.4, 0.5) is 4.39 Å². The van der Waals surface area contributed by atoms with E-state index in [1.54, 1.807) is 24.3 Å². The number of piperidine rings is 1. The van der Waals surface area contributed by atoms with Crippen molar-refractivity contribution in [2.45, 2.75) is 43.2 Å². The summed E-state index contributed by atoms with van der Waals surface area (Å²) in [6.07, 6.45) is 2.37. The standard InChI is InChI=1S/C20H22ClFN2O3S/c21-16-6-10-19(11-7-16)28(26,27)24-12-2-1-3-18(24)13-20(25)23-14-15-4-8-17(22)9-5-15/h4-11,18H,1-3,12-14H2,(H,23,25)/t18-/m1/s1. The molecular formula is C20H22ClFN2O3S. The fourth-order valence-corrected chi connectivity index (χ4v) is 5.14. The molecule has 1 amide bonds. The van der Waals surface area contributed by atoms with Gasteiger partial charge in [-0.15, -0.1) is 0 Å². The molecule has 0 aliphatic carbocycles. The molecule has 2 aromatic rings. The molecule has 28 heavy (non-hydrogen) atoms. The zero-order valence-corrected chi connectivity index (χ0v) is 16.8. The van der Waals surface area contributed by atoms with E-state index in [-0.39, 0.29) is 35.6 Å². The molecule has 0 radical (unpaired) electrons. The van der Waals surface area contributed by atoms with Crippen LogP contribution in [0.5, 0.6) is 0 Å². The Bertz CT molecular complexity index is 917. The predicted molar refractivity (Wildman–Crippen MR) is 106 cm³/mol. The second-order valence-corrected chi connectivity index (χ2v) is 9.15. The molecule has 0 saturated carbocycles. The lowest BCUT2D eigenvalue weighted by Crippen LogP contribution is -2.45. The van der Waals surface area contributed by atoms with E-state index in [0.717, 1.165) is 18.4 Å². The lowest BCUT2D eigenvalue weighted by molar-refractivity contribution is -0.122. The van der Waals surface area contributed by atoms with Crippen LogP contribution in [0, 0.1) is 5.82 Å². The van der Waals surface area contributed by atoms with Crippen molar-refractivity contribution in [3.05, 3.63) is 64.9 Å². The molecule has 1 heterocycles. The molecule has 1 N–H and O–H groups in total. The van der Waals surface area contributed by atoms with Crippen LogP contribution in [0.25, 0.3) is 0 Å². The number of carbonyl (C=O) groups excluding carboxylic acids is 1. The lowest BCUT2D eigenvalue weighted by Gasteiger charge is -2.34. The first kappa shape index (κ1) is 20.8. The van der Waals surface area contributed by atoms with Crippen molar-refractivity contribution in [3.63, 3.8) is 0 Å². The van der Waals surface area contributed by atoms with Crippen LogP contribution in [0.3, 0.4) is 0 Å². The fraction of sp³-hybridized carbons (Fsp3) is 0.350. The number of amides is 1. The second-order valence-electron chi connectivity index (χ2n) is 6.83. The van der Waals surface area contributed by atoms with Crippen LogP contribution in [-0.2, 0) is 21.4 Å². The summed E-state index contributed by atoms with van der Waals surface area (Å²) in [5.41, 5.74) is 0.782. The number of sulfonamides is 1. The Labute approximate surface area is 169 Å². The lowest BCUT2D eigenvalue weighted by atomic mass is 10.0. The van der Waals surface area contributed by atoms with Crippen molar-refractivity contribution >= 4 is 27.5 Å². The van der Waals surface area contributed by atoms with Gasteiger partial charge in [-0.05, 0) is 54.8 Å². The molecule has 0 aromatic heterocycles. The molecule has 2 aromatic carbocycles. The van der Waals surface area contributed by atoms with E-state index in [0.29, 0.717) is 18.0 Å². The van der Waals surface area contributed by atoms with E-state index in [9.17, 15) is 17.6 Å². The van der Waals surface area contributed by atoms with Crippen LogP contribution in [-0.4, -0.2) is 31.2 Å². The van der Waals surface area contributed by atoms with E-state index >= 15 is 0 Å². The van der Waals surface area contributed by atoms with Gasteiger partial charge in [0, 0.05) is 30.6 Å². The minimum Gasteiger partial charge on any atom is -0.352 e. The van der Waals surface area contributed by atoms with Gasteiger partial charge in [0.1, 0.15) is 5.82 Å². The van der Waals surface area contributed by atoms with E-state index in [4.69, 9.17) is 11.6 Å². The van der Waals surface area contributed by atoms with E-state index in [2.05, 4.69) is 5.32 Å². The van der Waals surface area contributed by atoms with E-state index in [1.165, 1.54) is 28.6 Å². The second kappa shape index (κ2) is 9.03. The highest BCUT2D eigenvalue weighted by Gasteiger charge is 2.34. The van der Waals surface area contributed by atoms with Gasteiger partial charge in [-0.25, -0.2) is 12.8 Å². The van der Waals surface area contributed by atoms with Gasteiger partial charge in [-0.3, -0.25) is 4.79 Å². The van der Waals surface area contributed by atoms with Gasteiger partial charge in [0.2, 0.25) is 15.9 Å². The number of hydrogen-bond acceptors (Lipinski definition) is 3. The summed E-state index contributed by atoms with van der Waals surface area (Å²) in [5.74, 6) is -0.562. The largest absolute Gasteiger partial charge is 0.352 e. The molecule has 8 heteroatoms. The van der Waals surface area contributed by atoms with Crippen LogP contribution < -0.4 is 5.32 Å². The maximum atomic E-state index is 13.0. The SMILES string of the molecule is O=C(C[C@H]1CCCCN1S(=O)(=O)c1ccc(Cl)cc1)NCc1ccc(F)cc1. The molecule has 1 atom stereocenters. The average molecular weight is 425 g/mol. The van der Waals surface area contributed by atoms with Crippen molar-refractivity contribution in [2.24, 2.45) is 0 Å². The summed E-state index contributed by atoms with van der Waals surface area (Å²) in [4.78, 5) is 12.6. The van der Waals surface area contributed by atoms with Gasteiger partial charge in [-0.2, -0.15) is 4.31 Å². The summed E-state index contributed by atoms with van der Waals surface area (Å²) >= 11 is 5.86. The van der Waals surface area contributed by atoms with Gasteiger partial charge in [0.15, 0.2) is 0 Å². The summed E-state index contributed by atoms with van der Waals surface area (Å²) in [6, 6.07) is 11.6. The van der Waals surface area contributed by atoms with Crippen LogP contribution >= 0.6 is 11.6 Å². The maximum Gasteiger partial charge on any atom is 0.243 e. The van der Waals surface area contributed by atoms with E-state index in [1.807, 2.05) is 0 Å². The minimum atomic E-state index is -3.69. The molecule has 0 spiro atoms. The van der Waals surface area contributed by atoms with Gasteiger partial charge < -0.3 is 5.32 Å². The normalized spacial score (nSPS) is 18.0. The quantitative estimate of drug-likeness (QED) is 0.768. The summed E-state index contributed by atoms with van der Waals surface area (Å²) in [7, 11) is -3.69. The van der Waals surface area contributed by atoms with Crippen LogP contribution in [0.1, 0.15) is 31.2 Å². The fourth-order valence-electron chi connectivity index (χ4n) is 3.33. The number of carbonyl (C=O) groups is 1.